The van der Waals surface area contributed by atoms with E-state index in [1.165, 1.54) is 0 Å². The predicted molar refractivity (Wildman–Crippen MR) is 111 cm³/mol. The van der Waals surface area contributed by atoms with Gasteiger partial charge in [-0.3, -0.25) is 20.4 Å². The van der Waals surface area contributed by atoms with Crippen molar-refractivity contribution in [2.75, 3.05) is 13.1 Å². The first-order valence-electron chi connectivity index (χ1n) is 8.46. The van der Waals surface area contributed by atoms with Crippen LogP contribution in [0.4, 0.5) is 9.59 Å². The molecular weight excluding hydrogens is 480 g/mol. The molecule has 0 aliphatic rings. The summed E-state index contributed by atoms with van der Waals surface area (Å²) in [5, 5.41) is 66.0. The Kier molecular flexibility index (Phi) is 33.5. The van der Waals surface area contributed by atoms with Crippen molar-refractivity contribution < 1.29 is 49.8 Å². The number of nitrogens with one attached hydrogen (secondary N) is 4. The van der Waals surface area contributed by atoms with Crippen LogP contribution in [0.2, 0.25) is 0 Å². The van der Waals surface area contributed by atoms with Crippen molar-refractivity contribution in [1.82, 2.24) is 10.6 Å². The molecule has 0 spiro atoms. The van der Waals surface area contributed by atoms with Gasteiger partial charge < -0.3 is 73.8 Å². The van der Waals surface area contributed by atoms with Crippen molar-refractivity contribution in [2.45, 2.75) is 37.8 Å². The Bertz CT molecular complexity index is 538. The smallest absolute Gasteiger partial charge is 0.565 e. The number of guanidine groups is 2. The molecule has 0 heterocycles. The van der Waals surface area contributed by atoms with Crippen LogP contribution in [0.3, 0.4) is 0 Å². The maximum atomic E-state index is 10.2. The van der Waals surface area contributed by atoms with Crippen LogP contribution in [0, 0.1) is 10.8 Å². The van der Waals surface area contributed by atoms with E-state index >= 15 is 0 Å². The van der Waals surface area contributed by atoms with Gasteiger partial charge in [0, 0.05) is 13.1 Å². The zero-order chi connectivity index (χ0) is 26.3. The van der Waals surface area contributed by atoms with Crippen LogP contribution >= 0.6 is 0 Å². The number of rotatable bonds is 10. The fraction of sp³-hybridized carbons (Fsp3) is 0.571. The molecular formula is C14H30CaN8O10. The summed E-state index contributed by atoms with van der Waals surface area (Å²) in [7, 11) is 0. The van der Waals surface area contributed by atoms with Crippen molar-refractivity contribution in [3.63, 3.8) is 0 Å². The number of aliphatic carboxylic acids is 2. The molecule has 0 saturated carbocycles. The van der Waals surface area contributed by atoms with Crippen molar-refractivity contribution in [3.05, 3.63) is 0 Å². The third-order valence-electron chi connectivity index (χ3n) is 2.65. The number of carboxylic acids is 2. The van der Waals surface area contributed by atoms with Gasteiger partial charge >= 0.3 is 49.7 Å². The number of carboxylic acid groups (broad SMARTS) is 6. The molecule has 0 aliphatic heterocycles. The molecule has 0 aliphatic carbocycles. The van der Waals surface area contributed by atoms with Crippen molar-refractivity contribution in [2.24, 2.45) is 22.9 Å². The summed E-state index contributed by atoms with van der Waals surface area (Å²) in [6, 6.07) is -1.64. The van der Waals surface area contributed by atoms with Crippen LogP contribution in [0.25, 0.3) is 0 Å². The van der Waals surface area contributed by atoms with E-state index in [0.29, 0.717) is 38.8 Å². The summed E-state index contributed by atoms with van der Waals surface area (Å²) >= 11 is 0. The second-order valence-electron chi connectivity index (χ2n) is 5.39. The van der Waals surface area contributed by atoms with Gasteiger partial charge in [0.05, 0.1) is 0 Å². The Morgan fingerprint density at radius 2 is 0.939 bits per heavy atom. The summed E-state index contributed by atoms with van der Waals surface area (Å²) in [5.41, 5.74) is 20.4. The van der Waals surface area contributed by atoms with E-state index in [1.807, 2.05) is 0 Å². The Labute approximate surface area is 218 Å². The first kappa shape index (κ1) is 40.5. The molecule has 0 rings (SSSR count). The van der Waals surface area contributed by atoms with E-state index in [2.05, 4.69) is 10.6 Å². The number of hydrogen-bond acceptors (Lipinski definition) is 10. The van der Waals surface area contributed by atoms with Crippen LogP contribution in [-0.4, -0.2) is 120 Å². The minimum atomic E-state index is -2.08. The summed E-state index contributed by atoms with van der Waals surface area (Å²) in [5.74, 6) is -2.23. The first-order chi connectivity index (χ1) is 14.5. The topological polar surface area (TPSA) is 371 Å². The zero-order valence-electron chi connectivity index (χ0n) is 17.7. The van der Waals surface area contributed by atoms with Gasteiger partial charge in [-0.1, -0.05) is 0 Å². The molecule has 188 valence electrons. The molecule has 19 heteroatoms. The predicted octanol–water partition coefficient (Wildman–Crippen LogP) is -5.28. The number of hydrogen-bond donors (Lipinski definition) is 12. The molecule has 0 radical (unpaired) electrons. The Balaban J connectivity index is -0.000000117. The molecule has 2 unspecified atom stereocenters. The standard InChI is InChI=1S/2C6H14N4O2.2CH2O3.Ca/c2*7-4(5(11)12)2-1-3-10-6(8)9;2*2-1(3)4;/h2*4H,1-3,7H2,(H,11,12)(H4,8,9,10);2*(H2,2,3,4);/q;;;;+2/p-2. The van der Waals surface area contributed by atoms with Crippen LogP contribution in [-0.2, 0) is 9.59 Å². The fourth-order valence-corrected chi connectivity index (χ4v) is 1.34. The third kappa shape index (κ3) is 58.6. The number of carbonyl (C=O) groups is 4. The SMILES string of the molecule is N=C(N)NCCCC(N)C(=O)O.N=C(N)NCCCC(N)C(=O)O.O=C([O-])O.O=C([O-])O.[Ca+2]. The largest absolute Gasteiger partial charge is 2.00 e. The molecule has 0 fully saturated rings. The second kappa shape index (κ2) is 27.2. The van der Waals surface area contributed by atoms with Gasteiger partial charge in [-0.25, -0.2) is 0 Å². The van der Waals surface area contributed by atoms with Gasteiger partial charge in [-0.15, -0.1) is 0 Å². The van der Waals surface area contributed by atoms with Crippen molar-refractivity contribution >= 4 is 73.9 Å². The molecule has 33 heavy (non-hydrogen) atoms. The first-order valence-corrected chi connectivity index (χ1v) is 8.46. The monoisotopic (exact) mass is 510 g/mol. The molecule has 0 aromatic carbocycles. The van der Waals surface area contributed by atoms with Gasteiger partial charge in [0.2, 0.25) is 12.3 Å². The van der Waals surface area contributed by atoms with Crippen molar-refractivity contribution in [1.29, 1.82) is 10.8 Å². The van der Waals surface area contributed by atoms with Gasteiger partial charge in [0.25, 0.3) is 0 Å². The number of nitrogens with two attached hydrogens (primary N) is 4. The third-order valence-corrected chi connectivity index (χ3v) is 2.65. The normalized spacial score (nSPS) is 10.2. The molecule has 2 atom stereocenters. The van der Waals surface area contributed by atoms with E-state index in [-0.39, 0.29) is 49.7 Å². The van der Waals surface area contributed by atoms with E-state index in [4.69, 9.17) is 74.0 Å². The second-order valence-corrected chi connectivity index (χ2v) is 5.39. The zero-order valence-corrected chi connectivity index (χ0v) is 19.9. The summed E-state index contributed by atoms with van der Waals surface area (Å²) < 4.78 is 0. The minimum absolute atomic E-state index is 0. The molecule has 0 saturated heterocycles. The van der Waals surface area contributed by atoms with E-state index in [0.717, 1.165) is 0 Å². The maximum Gasteiger partial charge on any atom is 2.00 e. The fourth-order valence-electron chi connectivity index (χ4n) is 1.34. The molecule has 0 aromatic rings. The van der Waals surface area contributed by atoms with Gasteiger partial charge in [-0.2, -0.15) is 0 Å². The van der Waals surface area contributed by atoms with E-state index < -0.39 is 36.3 Å². The molecule has 0 aromatic heterocycles. The van der Waals surface area contributed by atoms with Gasteiger partial charge in [-0.05, 0) is 25.7 Å². The maximum absolute atomic E-state index is 10.2. The Morgan fingerprint density at radius 3 is 1.09 bits per heavy atom. The average Bonchev–Trinajstić information content (AvgIpc) is 2.61. The molecule has 0 bridgehead atoms. The Morgan fingerprint density at radius 1 is 0.727 bits per heavy atom. The van der Waals surface area contributed by atoms with E-state index in [1.54, 1.807) is 0 Å². The molecule has 18 nitrogen and oxygen atoms in total. The van der Waals surface area contributed by atoms with Gasteiger partial charge in [0.15, 0.2) is 11.9 Å². The quantitative estimate of drug-likeness (QED) is 0.0564. The summed E-state index contributed by atoms with van der Waals surface area (Å²) in [4.78, 5) is 37.3. The van der Waals surface area contributed by atoms with E-state index in [9.17, 15) is 9.59 Å². The summed E-state index contributed by atoms with van der Waals surface area (Å²) in [6.45, 7) is 0.965. The van der Waals surface area contributed by atoms with Gasteiger partial charge in [0.1, 0.15) is 12.1 Å². The minimum Gasteiger partial charge on any atom is -0.565 e. The molecule has 16 N–H and O–H groups in total. The molecule has 0 amide bonds. The Hall–Kier alpha value is -2.80. The van der Waals surface area contributed by atoms with Crippen LogP contribution in [0.1, 0.15) is 25.7 Å². The van der Waals surface area contributed by atoms with Crippen LogP contribution in [0.5, 0.6) is 0 Å². The van der Waals surface area contributed by atoms with Crippen molar-refractivity contribution in [3.8, 4) is 0 Å². The average molecular weight is 511 g/mol. The van der Waals surface area contributed by atoms with Crippen LogP contribution in [0.15, 0.2) is 0 Å². The summed E-state index contributed by atoms with van der Waals surface area (Å²) in [6.07, 6.45) is -2.22. The van der Waals surface area contributed by atoms with Crippen LogP contribution < -0.4 is 43.8 Å².